The van der Waals surface area contributed by atoms with Crippen molar-refractivity contribution >= 4 is 58.1 Å². The molecule has 0 spiro atoms. The van der Waals surface area contributed by atoms with Gasteiger partial charge < -0.3 is 70.6 Å². The van der Waals surface area contributed by atoms with Gasteiger partial charge in [-0.1, -0.05) is 384 Å². The third-order valence-electron chi connectivity index (χ3n) is 31.1. The number of allylic oxidation sites excluding steroid dienone is 4. The van der Waals surface area contributed by atoms with Gasteiger partial charge in [-0.2, -0.15) is 0 Å². The maximum Gasteiger partial charge on any atom is 0.130 e. The highest BCUT2D eigenvalue weighted by Gasteiger charge is 2.46. The van der Waals surface area contributed by atoms with Crippen molar-refractivity contribution in [3.05, 3.63) is 325 Å². The summed E-state index contributed by atoms with van der Waals surface area (Å²) in [6, 6.07) is 95.3. The van der Waals surface area contributed by atoms with Gasteiger partial charge in [0.1, 0.15) is 87.0 Å². The van der Waals surface area contributed by atoms with Gasteiger partial charge in [-0.15, -0.1) is 0 Å². The smallest absolute Gasteiger partial charge is 0.130 e. The summed E-state index contributed by atoms with van der Waals surface area (Å²) in [5.74, 6) is 8.41. The van der Waals surface area contributed by atoms with Crippen molar-refractivity contribution in [3.8, 4) is 57.5 Å². The third-order valence-corrected chi connectivity index (χ3v) is 39.8. The van der Waals surface area contributed by atoms with E-state index in [4.69, 9.17) is 28.4 Å². The Morgan fingerprint density at radius 2 is 0.534 bits per heavy atom. The standard InChI is InChI=1S/C23H26P.C23H25P.C19H30O2.C19H28O2.C17H26O2.C17H24O2.C14H18O3.BrH/c2*1-2-3-13-20-24(21-14-7-4-8-15-21,22-16-9-5-10-17-22)23-18-11-6-12-19-23;2*1-4-5-6-7-10-19(11-8-9-12-19)16-13-17(20-2)15-18(14-16)21-3;2*1-2-3-4-5-8-17(9-6-7-10-17)14-11-15(18)13-16(19)12-14;1-16-12-7-11(8-13(9-12)17-2)14(10-15)5-3-4-6-14;/h4-12,14-19H,2-3,13,20H2,1H3;4-12,14-20H,2-3,13H2,1H3;13-15H,4-12H2,1-3H3;7,10,13-15H,4-6,8-9,11-12H2,1-3H3;11-13,18-19H,2-10H2,1H3;5,8,11-13,18-19H,2-4,6-7,9-10H2,1H3;7-10H,3-6H2,1-2H3;1H/q+1;;;;;;;/p-1. The van der Waals surface area contributed by atoms with E-state index in [1.54, 1.807) is 54.8 Å². The van der Waals surface area contributed by atoms with Crippen LogP contribution in [0, 0.1) is 0 Å². The molecular formula is C132H177BrO11P2. The molecule has 11 aromatic rings. The van der Waals surface area contributed by atoms with Crippen molar-refractivity contribution < 1.29 is 70.6 Å². The minimum absolute atomic E-state index is 0. The highest BCUT2D eigenvalue weighted by atomic mass is 79.9. The number of hydrogen-bond donors (Lipinski definition) is 4. The molecule has 0 heterocycles. The van der Waals surface area contributed by atoms with E-state index in [0.29, 0.717) is 5.41 Å². The number of benzene rings is 11. The van der Waals surface area contributed by atoms with Gasteiger partial charge in [0.25, 0.3) is 0 Å². The Labute approximate surface area is 892 Å². The van der Waals surface area contributed by atoms with E-state index in [1.807, 2.05) is 42.5 Å². The van der Waals surface area contributed by atoms with Crippen molar-refractivity contribution in [2.24, 2.45) is 0 Å². The van der Waals surface area contributed by atoms with Crippen LogP contribution in [-0.4, -0.2) is 81.3 Å². The Morgan fingerprint density at radius 1 is 0.281 bits per heavy atom. The van der Waals surface area contributed by atoms with Crippen molar-refractivity contribution in [2.45, 2.75) is 338 Å². The molecule has 14 heteroatoms. The number of phenolic OH excluding ortho intramolecular Hbond substituents is 4. The summed E-state index contributed by atoms with van der Waals surface area (Å²) in [5, 5.41) is 47.7. The molecule has 16 rings (SSSR count). The van der Waals surface area contributed by atoms with Crippen molar-refractivity contribution in [3.63, 3.8) is 0 Å². The number of aldehydes is 1. The van der Waals surface area contributed by atoms with E-state index in [1.165, 1.54) is 280 Å². The Hall–Kier alpha value is -10.2. The van der Waals surface area contributed by atoms with E-state index < -0.39 is 14.1 Å². The van der Waals surface area contributed by atoms with Crippen LogP contribution in [0.3, 0.4) is 0 Å². The molecule has 5 saturated carbocycles. The van der Waals surface area contributed by atoms with Gasteiger partial charge >= 0.3 is 0 Å². The van der Waals surface area contributed by atoms with E-state index in [0.717, 1.165) is 109 Å². The Bertz CT molecular complexity index is 5290. The third kappa shape index (κ3) is 33.9. The molecule has 0 unspecified atom stereocenters. The van der Waals surface area contributed by atoms with Gasteiger partial charge in [0.15, 0.2) is 0 Å². The van der Waals surface area contributed by atoms with Crippen LogP contribution in [0.5, 0.6) is 57.5 Å². The second-order valence-electron chi connectivity index (χ2n) is 41.0. The molecule has 5 aliphatic carbocycles. The first-order valence-corrected chi connectivity index (χ1v) is 59.2. The fraction of sp³-hybridized carbons (Fsp3) is 0.455. The number of hydrogen-bond acceptors (Lipinski definition) is 11. The first-order valence-electron chi connectivity index (χ1n) is 55.3. The van der Waals surface area contributed by atoms with Crippen molar-refractivity contribution in [2.75, 3.05) is 48.8 Å². The van der Waals surface area contributed by atoms with E-state index >= 15 is 0 Å². The zero-order chi connectivity index (χ0) is 103. The summed E-state index contributed by atoms with van der Waals surface area (Å²) in [6.45, 7) is 11.8. The summed E-state index contributed by atoms with van der Waals surface area (Å²) >= 11 is 0. The number of phenols is 4. The lowest BCUT2D eigenvalue weighted by atomic mass is 9.74. The van der Waals surface area contributed by atoms with Gasteiger partial charge in [-0.05, 0) is 261 Å². The molecule has 4 N–H and O–H groups in total. The van der Waals surface area contributed by atoms with Crippen molar-refractivity contribution in [1.29, 1.82) is 0 Å². The van der Waals surface area contributed by atoms with Crippen LogP contribution >= 0.6 is 14.1 Å². The van der Waals surface area contributed by atoms with Crippen LogP contribution in [0.15, 0.2) is 297 Å². The second kappa shape index (κ2) is 63.6. The molecule has 5 fully saturated rings. The highest BCUT2D eigenvalue weighted by molar-refractivity contribution is 7.95. The van der Waals surface area contributed by atoms with E-state index in [9.17, 15) is 25.2 Å². The molecule has 0 aromatic heterocycles. The van der Waals surface area contributed by atoms with Gasteiger partial charge in [-0.3, -0.25) is 0 Å². The quantitative estimate of drug-likeness (QED) is 0.0125. The number of carbonyl (C=O) groups is 1. The molecule has 146 heavy (non-hydrogen) atoms. The van der Waals surface area contributed by atoms with Gasteiger partial charge in [0.05, 0.1) is 54.2 Å². The number of carbonyl (C=O) groups excluding carboxylic acids is 1. The van der Waals surface area contributed by atoms with E-state index in [-0.39, 0.29) is 61.6 Å². The Kier molecular flexibility index (Phi) is 52.0. The predicted octanol–water partition coefficient (Wildman–Crippen LogP) is 30.1. The molecule has 5 aliphatic rings. The largest absolute Gasteiger partial charge is 1.00 e. The fourth-order valence-corrected chi connectivity index (χ4v) is 31.4. The molecule has 0 aliphatic heterocycles. The first-order chi connectivity index (χ1) is 70.8. The molecule has 0 saturated heterocycles. The van der Waals surface area contributed by atoms with Crippen LogP contribution < -0.4 is 77.2 Å². The van der Waals surface area contributed by atoms with Crippen LogP contribution in [0.1, 0.15) is 339 Å². The predicted molar refractivity (Wildman–Crippen MR) is 620 cm³/mol. The number of aromatic hydroxyl groups is 4. The second-order valence-corrected chi connectivity index (χ2v) is 48.0. The first kappa shape index (κ1) is 119. The van der Waals surface area contributed by atoms with Gasteiger partial charge in [-0.25, -0.2) is 0 Å². The molecule has 0 atom stereocenters. The zero-order valence-electron chi connectivity index (χ0n) is 90.8. The maximum atomic E-state index is 11.4. The topological polar surface area (TPSA) is 153 Å². The average Bonchev–Trinajstić information content (AvgIpc) is 0.769. The molecule has 0 amide bonds. The summed E-state index contributed by atoms with van der Waals surface area (Å²) in [5.41, 5.74) is 6.38. The van der Waals surface area contributed by atoms with Gasteiger partial charge in [0.2, 0.25) is 0 Å². The summed E-state index contributed by atoms with van der Waals surface area (Å²) in [6.07, 6.45) is 63.5. The number of ether oxygens (including phenoxy) is 6. The lowest BCUT2D eigenvalue weighted by Gasteiger charge is -2.30. The average molecular weight is 2080 g/mol. The molecule has 0 radical (unpaired) electrons. The summed E-state index contributed by atoms with van der Waals surface area (Å²) in [7, 11) is 8.58. The Morgan fingerprint density at radius 3 is 0.836 bits per heavy atom. The summed E-state index contributed by atoms with van der Waals surface area (Å²) in [4.78, 5) is 11.4. The minimum Gasteiger partial charge on any atom is -1.00 e. The zero-order valence-corrected chi connectivity index (χ0v) is 94.1. The summed E-state index contributed by atoms with van der Waals surface area (Å²) < 4.78 is 32.3. The van der Waals surface area contributed by atoms with Gasteiger partial charge in [0, 0.05) is 41.2 Å². The lowest BCUT2D eigenvalue weighted by Crippen LogP contribution is -3.00. The van der Waals surface area contributed by atoms with Crippen molar-refractivity contribution in [1.82, 2.24) is 0 Å². The van der Waals surface area contributed by atoms with Crippen LogP contribution in [0.25, 0.3) is 0 Å². The normalized spacial score (nSPS) is 15.4. The molecular weight excluding hydrogens is 1900 g/mol. The number of halogens is 1. The number of methoxy groups -OCH3 is 6. The maximum absolute atomic E-state index is 11.4. The lowest BCUT2D eigenvalue weighted by molar-refractivity contribution is -0.112. The minimum atomic E-state index is -1.71. The number of rotatable bonds is 43. The molecule has 0 bridgehead atoms. The SMILES string of the molecule is CCCCC=CC1(c2cc(O)cc(O)c2)CCCC1.CCCCC=CC1(c2cc(OC)cc(OC)c2)CCCC1.CCCCC=P(c1ccccc1)(c1ccccc1)c1ccccc1.CCCCCCC1(c2cc(O)cc(O)c2)CCCC1.CCCCCCC1(c2cc(OC)cc(OC)c2)CCCC1.CCCCC[P+](c1ccccc1)(c1ccccc1)c1ccccc1.COc1cc(OC)cc(C2(C=O)CCCC2)c1.[Br-]. The van der Waals surface area contributed by atoms with Crippen LogP contribution in [-0.2, 0) is 31.9 Å². The molecule has 11 nitrogen and oxygen atoms in total. The van der Waals surface area contributed by atoms with Crippen LogP contribution in [0.4, 0.5) is 0 Å². The monoisotopic (exact) mass is 2080 g/mol. The molecule has 11 aromatic carbocycles. The molecule has 788 valence electrons. The van der Waals surface area contributed by atoms with E-state index in [2.05, 4.69) is 278 Å². The fourth-order valence-electron chi connectivity index (χ4n) is 22.9. The number of unbranched alkanes of at least 4 members (excludes halogenated alkanes) is 14. The Balaban J connectivity index is 0.000000190. The van der Waals surface area contributed by atoms with Crippen LogP contribution in [0.2, 0.25) is 0 Å². The highest BCUT2D eigenvalue weighted by Crippen LogP contribution is 2.57.